The van der Waals surface area contributed by atoms with Crippen molar-refractivity contribution in [2.24, 2.45) is 10.9 Å². The summed E-state index contributed by atoms with van der Waals surface area (Å²) in [5.41, 5.74) is 1.33. The predicted octanol–water partition coefficient (Wildman–Crippen LogP) is 3.25. The van der Waals surface area contributed by atoms with Gasteiger partial charge in [0.25, 0.3) is 0 Å². The van der Waals surface area contributed by atoms with E-state index in [1.165, 1.54) is 5.56 Å². The van der Waals surface area contributed by atoms with Crippen molar-refractivity contribution in [3.63, 3.8) is 0 Å². The van der Waals surface area contributed by atoms with E-state index in [0.29, 0.717) is 5.92 Å². The maximum absolute atomic E-state index is 5.44. The van der Waals surface area contributed by atoms with Gasteiger partial charge in [-0.15, -0.1) is 24.0 Å². The second-order valence-corrected chi connectivity index (χ2v) is 6.34. The number of furan rings is 1. The molecule has 1 aliphatic rings. The molecule has 1 saturated heterocycles. The van der Waals surface area contributed by atoms with Crippen LogP contribution in [-0.2, 0) is 17.6 Å². The predicted molar refractivity (Wildman–Crippen MR) is 115 cm³/mol. The van der Waals surface area contributed by atoms with E-state index in [4.69, 9.17) is 14.1 Å². The summed E-state index contributed by atoms with van der Waals surface area (Å²) in [6.07, 6.45) is 4.64. The Kier molecular flexibility index (Phi) is 9.55. The van der Waals surface area contributed by atoms with E-state index >= 15 is 0 Å². The van der Waals surface area contributed by atoms with Crippen molar-refractivity contribution in [1.29, 1.82) is 0 Å². The van der Waals surface area contributed by atoms with Crippen molar-refractivity contribution in [1.82, 2.24) is 10.6 Å². The minimum atomic E-state index is 0. The molecule has 1 fully saturated rings. The number of nitrogens with one attached hydrogen (secondary N) is 2. The highest BCUT2D eigenvalue weighted by molar-refractivity contribution is 14.0. The van der Waals surface area contributed by atoms with Gasteiger partial charge in [0.15, 0.2) is 5.96 Å². The molecule has 1 atom stereocenters. The molecule has 1 unspecified atom stereocenters. The first-order valence-corrected chi connectivity index (χ1v) is 9.06. The lowest BCUT2D eigenvalue weighted by Crippen LogP contribution is -2.39. The quantitative estimate of drug-likeness (QED) is 0.354. The van der Waals surface area contributed by atoms with Gasteiger partial charge in [-0.25, -0.2) is 0 Å². The first-order chi connectivity index (χ1) is 12.4. The normalized spacial score (nSPS) is 16.9. The number of hydrogen-bond donors (Lipinski definition) is 2. The Morgan fingerprint density at radius 1 is 1.04 bits per heavy atom. The highest BCUT2D eigenvalue weighted by atomic mass is 127. The fourth-order valence-corrected chi connectivity index (χ4v) is 2.85. The van der Waals surface area contributed by atoms with Gasteiger partial charge in [-0.05, 0) is 30.5 Å². The van der Waals surface area contributed by atoms with E-state index in [-0.39, 0.29) is 24.0 Å². The van der Waals surface area contributed by atoms with Crippen molar-refractivity contribution < 1.29 is 9.15 Å². The highest BCUT2D eigenvalue weighted by Gasteiger charge is 2.15. The molecule has 6 heteroatoms. The van der Waals surface area contributed by atoms with Gasteiger partial charge in [0.05, 0.1) is 12.9 Å². The van der Waals surface area contributed by atoms with Crippen LogP contribution in [0, 0.1) is 5.92 Å². The maximum Gasteiger partial charge on any atom is 0.191 e. The topological polar surface area (TPSA) is 58.8 Å². The fourth-order valence-electron chi connectivity index (χ4n) is 2.85. The molecule has 0 bridgehead atoms. The number of hydrogen-bond acceptors (Lipinski definition) is 3. The Morgan fingerprint density at radius 3 is 2.54 bits per heavy atom. The van der Waals surface area contributed by atoms with Crippen LogP contribution in [0.1, 0.15) is 17.7 Å². The molecule has 2 heterocycles. The van der Waals surface area contributed by atoms with Crippen molar-refractivity contribution in [2.45, 2.75) is 19.3 Å². The van der Waals surface area contributed by atoms with Crippen LogP contribution in [-0.4, -0.2) is 38.8 Å². The summed E-state index contributed by atoms with van der Waals surface area (Å²) in [4.78, 5) is 4.74. The smallest absolute Gasteiger partial charge is 0.191 e. The SMILES string of the molecule is I.c1ccc(CCNC(=NCC2CCOC2)NCCc2ccco2)cc1. The first kappa shape index (κ1) is 20.8. The lowest BCUT2D eigenvalue weighted by atomic mass is 10.1. The summed E-state index contributed by atoms with van der Waals surface area (Å²) < 4.78 is 10.8. The number of ether oxygens (including phenoxy) is 1. The van der Waals surface area contributed by atoms with E-state index in [9.17, 15) is 0 Å². The van der Waals surface area contributed by atoms with Crippen LogP contribution in [0.25, 0.3) is 0 Å². The highest BCUT2D eigenvalue weighted by Crippen LogP contribution is 2.12. The van der Waals surface area contributed by atoms with Gasteiger partial charge in [-0.2, -0.15) is 0 Å². The largest absolute Gasteiger partial charge is 0.469 e. The maximum atomic E-state index is 5.44. The molecule has 1 aliphatic heterocycles. The van der Waals surface area contributed by atoms with Gasteiger partial charge >= 0.3 is 0 Å². The molecule has 0 radical (unpaired) electrons. The Morgan fingerprint density at radius 2 is 1.85 bits per heavy atom. The zero-order valence-electron chi connectivity index (χ0n) is 15.0. The summed E-state index contributed by atoms with van der Waals surface area (Å²) in [7, 11) is 0. The molecule has 2 N–H and O–H groups in total. The van der Waals surface area contributed by atoms with Crippen LogP contribution in [0.3, 0.4) is 0 Å². The number of halogens is 1. The summed E-state index contributed by atoms with van der Waals surface area (Å²) in [6.45, 7) is 4.15. The van der Waals surface area contributed by atoms with Crippen LogP contribution in [0.2, 0.25) is 0 Å². The van der Waals surface area contributed by atoms with Crippen molar-refractivity contribution in [3.05, 3.63) is 60.1 Å². The number of rotatable bonds is 8. The van der Waals surface area contributed by atoms with Crippen LogP contribution >= 0.6 is 24.0 Å². The van der Waals surface area contributed by atoms with Gasteiger partial charge in [0.1, 0.15) is 5.76 Å². The van der Waals surface area contributed by atoms with Crippen LogP contribution in [0.5, 0.6) is 0 Å². The van der Waals surface area contributed by atoms with Crippen molar-refractivity contribution in [3.8, 4) is 0 Å². The molecule has 26 heavy (non-hydrogen) atoms. The van der Waals surface area contributed by atoms with Gasteiger partial charge in [0.2, 0.25) is 0 Å². The van der Waals surface area contributed by atoms with Crippen molar-refractivity contribution in [2.75, 3.05) is 32.8 Å². The zero-order valence-corrected chi connectivity index (χ0v) is 17.4. The third-order valence-corrected chi connectivity index (χ3v) is 4.32. The lowest BCUT2D eigenvalue weighted by Gasteiger charge is -2.13. The van der Waals surface area contributed by atoms with E-state index in [1.807, 2.05) is 18.2 Å². The van der Waals surface area contributed by atoms with Crippen LogP contribution in [0.4, 0.5) is 0 Å². The van der Waals surface area contributed by atoms with E-state index in [2.05, 4.69) is 34.9 Å². The zero-order chi connectivity index (χ0) is 17.2. The summed E-state index contributed by atoms with van der Waals surface area (Å²) >= 11 is 0. The monoisotopic (exact) mass is 469 g/mol. The number of guanidine groups is 1. The molecular formula is C20H28IN3O2. The second-order valence-electron chi connectivity index (χ2n) is 6.34. The second kappa shape index (κ2) is 12.0. The van der Waals surface area contributed by atoms with Gasteiger partial charge in [-0.3, -0.25) is 4.99 Å². The molecule has 3 rings (SSSR count). The number of benzene rings is 1. The minimum Gasteiger partial charge on any atom is -0.469 e. The van der Waals surface area contributed by atoms with E-state index in [1.54, 1.807) is 6.26 Å². The Balaban J connectivity index is 0.00000243. The molecule has 1 aromatic carbocycles. The molecule has 5 nitrogen and oxygen atoms in total. The van der Waals surface area contributed by atoms with Crippen molar-refractivity contribution >= 4 is 29.9 Å². The molecular weight excluding hydrogens is 441 g/mol. The van der Waals surface area contributed by atoms with Gasteiger partial charge in [0, 0.05) is 38.6 Å². The standard InChI is InChI=1S/C20H27N3O2.HI/c1-2-5-17(6-3-1)8-11-21-20(23-15-18-10-14-24-16-18)22-12-9-19-7-4-13-25-19;/h1-7,13,18H,8-12,14-16H2,(H2,21,22,23);1H. The van der Waals surface area contributed by atoms with Gasteiger partial charge in [-0.1, -0.05) is 30.3 Å². The Hall–Kier alpha value is -1.54. The number of nitrogens with zero attached hydrogens (tertiary/aromatic N) is 1. The Bertz CT molecular complexity index is 626. The summed E-state index contributed by atoms with van der Waals surface area (Å²) in [5, 5.41) is 6.85. The molecule has 0 saturated carbocycles. The summed E-state index contributed by atoms with van der Waals surface area (Å²) in [5.74, 6) is 2.40. The third-order valence-electron chi connectivity index (χ3n) is 4.32. The molecule has 2 aromatic rings. The molecule has 1 aromatic heterocycles. The summed E-state index contributed by atoms with van der Waals surface area (Å²) in [6, 6.07) is 14.4. The van der Waals surface area contributed by atoms with Crippen LogP contribution in [0.15, 0.2) is 58.1 Å². The Labute approximate surface area is 172 Å². The fraction of sp³-hybridized carbons (Fsp3) is 0.450. The van der Waals surface area contributed by atoms with Gasteiger partial charge < -0.3 is 19.8 Å². The van der Waals surface area contributed by atoms with Crippen LogP contribution < -0.4 is 10.6 Å². The average Bonchev–Trinajstić information content (AvgIpc) is 3.34. The minimum absolute atomic E-state index is 0. The number of aliphatic imine (C=N–C) groups is 1. The average molecular weight is 469 g/mol. The molecule has 0 spiro atoms. The molecule has 142 valence electrons. The van der Waals surface area contributed by atoms with E-state index in [0.717, 1.165) is 63.8 Å². The molecule has 0 aliphatic carbocycles. The lowest BCUT2D eigenvalue weighted by molar-refractivity contribution is 0.187. The first-order valence-electron chi connectivity index (χ1n) is 9.06. The molecule has 0 amide bonds. The third kappa shape index (κ3) is 7.37. The van der Waals surface area contributed by atoms with E-state index < -0.39 is 0 Å².